The highest BCUT2D eigenvalue weighted by molar-refractivity contribution is 7.37. The maximum Gasteiger partial charge on any atom is 0.539 e. The Morgan fingerprint density at radius 1 is 1.83 bits per heavy atom. The largest absolute Gasteiger partial charge is 0.539 e. The third-order valence-corrected chi connectivity index (χ3v) is 0.415. The van der Waals surface area contributed by atoms with E-state index in [9.17, 15) is 4.57 Å². The van der Waals surface area contributed by atoms with E-state index in [0.717, 1.165) is 0 Å². The Hall–Kier alpha value is -0.0200. The molecule has 0 bridgehead atoms. The van der Waals surface area contributed by atoms with Gasteiger partial charge in [0.25, 0.3) is 0 Å². The topological polar surface area (TPSA) is 55.8 Å². The minimum atomic E-state index is -1.82. The lowest BCUT2D eigenvalue weighted by atomic mass is 12.0. The predicted octanol–water partition coefficient (Wildman–Crippen LogP) is 0.780. The van der Waals surface area contributed by atoms with Crippen molar-refractivity contribution in [1.82, 2.24) is 0 Å². The average molecular weight is 111 g/mol. The van der Waals surface area contributed by atoms with Gasteiger partial charge in [0.15, 0.2) is 6.66 Å². The lowest BCUT2D eigenvalue weighted by Gasteiger charge is -1.68. The van der Waals surface area contributed by atoms with Crippen LogP contribution in [0.5, 0.6) is 0 Å². The Morgan fingerprint density at radius 2 is 2.33 bits per heavy atom. The quantitative estimate of drug-likeness (QED) is 0.325. The summed E-state index contributed by atoms with van der Waals surface area (Å²) >= 11 is 0. The first-order chi connectivity index (χ1) is 2.77. The van der Waals surface area contributed by atoms with Gasteiger partial charge in [0.05, 0.1) is 4.67 Å². The molecule has 0 radical (unpaired) electrons. The first kappa shape index (κ1) is 5.98. The zero-order valence-corrected chi connectivity index (χ0v) is 4.01. The van der Waals surface area contributed by atoms with Crippen molar-refractivity contribution in [2.24, 2.45) is 0 Å². The Kier molecular flexibility index (Phi) is 3.17. The number of rotatable bonds is 2. The van der Waals surface area contributed by atoms with Crippen LogP contribution in [0.15, 0.2) is 0 Å². The molecule has 5 heteroatoms. The van der Waals surface area contributed by atoms with Gasteiger partial charge in [0, 0.05) is 0 Å². The van der Waals surface area contributed by atoms with Gasteiger partial charge in [-0.1, -0.05) is 0 Å². The standard InChI is InChI=1S/CH3O4P/c1-6(3)5-4-2/h1H3/p+1. The van der Waals surface area contributed by atoms with Crippen LogP contribution in [0.2, 0.25) is 0 Å². The minimum Gasteiger partial charge on any atom is -0.218 e. The normalized spacial score (nSPS) is 11.3. The molecular formula is CH4O4P+. The molecule has 0 spiro atoms. The van der Waals surface area contributed by atoms with E-state index in [1.807, 2.05) is 0 Å². The van der Waals surface area contributed by atoms with Gasteiger partial charge in [-0.2, -0.15) is 0 Å². The highest BCUT2D eigenvalue weighted by atomic mass is 31.1. The smallest absolute Gasteiger partial charge is 0.218 e. The zero-order chi connectivity index (χ0) is 4.99. The van der Waals surface area contributed by atoms with Crippen molar-refractivity contribution in [2.45, 2.75) is 0 Å². The summed E-state index contributed by atoms with van der Waals surface area (Å²) < 4.78 is 13.3. The van der Waals surface area contributed by atoms with Crippen LogP contribution >= 0.6 is 8.03 Å². The fraction of sp³-hybridized carbons (Fsp3) is 1.00. The fourth-order valence-corrected chi connectivity index (χ4v) is 0.141. The molecule has 0 aliphatic carbocycles. The van der Waals surface area contributed by atoms with E-state index < -0.39 is 8.03 Å². The summed E-state index contributed by atoms with van der Waals surface area (Å²) in [7, 11) is -1.82. The molecule has 0 amide bonds. The summed E-state index contributed by atoms with van der Waals surface area (Å²) in [6.07, 6.45) is 0. The van der Waals surface area contributed by atoms with Crippen LogP contribution < -0.4 is 0 Å². The molecule has 4 nitrogen and oxygen atoms in total. The van der Waals surface area contributed by atoms with Crippen LogP contribution in [0.3, 0.4) is 0 Å². The van der Waals surface area contributed by atoms with Gasteiger partial charge in [-0.15, -0.1) is 0 Å². The minimum absolute atomic E-state index is 1.26. The van der Waals surface area contributed by atoms with Crippen LogP contribution in [-0.4, -0.2) is 11.9 Å². The lowest BCUT2D eigenvalue weighted by molar-refractivity contribution is -0.437. The molecule has 0 aromatic carbocycles. The Labute approximate surface area is 35.4 Å². The molecule has 0 aliphatic rings. The van der Waals surface area contributed by atoms with Gasteiger partial charge in [-0.05, 0) is 9.60 Å². The van der Waals surface area contributed by atoms with Crippen molar-refractivity contribution in [1.29, 1.82) is 0 Å². The maximum atomic E-state index is 9.68. The lowest BCUT2D eigenvalue weighted by Crippen LogP contribution is -1.73. The van der Waals surface area contributed by atoms with Crippen molar-refractivity contribution < 1.29 is 19.5 Å². The van der Waals surface area contributed by atoms with Gasteiger partial charge in [-0.25, -0.2) is 5.26 Å². The molecule has 0 saturated heterocycles. The third-order valence-electron chi connectivity index (χ3n) is 0.138. The number of hydrogen-bond donors (Lipinski definition) is 1. The van der Waals surface area contributed by atoms with Gasteiger partial charge < -0.3 is 0 Å². The molecule has 0 aliphatic heterocycles. The fourth-order valence-electron chi connectivity index (χ4n) is 0.0469. The maximum absolute atomic E-state index is 9.68. The monoisotopic (exact) mass is 111 g/mol. The van der Waals surface area contributed by atoms with E-state index >= 15 is 0 Å². The molecule has 1 atom stereocenters. The Morgan fingerprint density at radius 3 is 2.33 bits per heavy atom. The molecule has 1 N–H and O–H groups in total. The molecule has 1 unspecified atom stereocenters. The highest BCUT2D eigenvalue weighted by Crippen LogP contribution is 2.13. The predicted molar refractivity (Wildman–Crippen MR) is 18.3 cm³/mol. The summed E-state index contributed by atoms with van der Waals surface area (Å²) in [6.45, 7) is 1.26. The molecule has 0 heterocycles. The Bertz CT molecular complexity index is 51.5. The van der Waals surface area contributed by atoms with Gasteiger partial charge >= 0.3 is 8.03 Å². The summed E-state index contributed by atoms with van der Waals surface area (Å²) in [5.41, 5.74) is 0. The van der Waals surface area contributed by atoms with Crippen molar-refractivity contribution in [3.63, 3.8) is 0 Å². The van der Waals surface area contributed by atoms with Crippen LogP contribution in [0.1, 0.15) is 0 Å². The zero-order valence-electron chi connectivity index (χ0n) is 3.12. The van der Waals surface area contributed by atoms with Gasteiger partial charge in [-0.3, -0.25) is 0 Å². The summed E-state index contributed by atoms with van der Waals surface area (Å²) in [5.74, 6) is 0. The first-order valence-electron chi connectivity index (χ1n) is 1.16. The molecule has 0 fully saturated rings. The van der Waals surface area contributed by atoms with Crippen molar-refractivity contribution in [3.05, 3.63) is 0 Å². The van der Waals surface area contributed by atoms with Crippen LogP contribution in [0.4, 0.5) is 0 Å². The second-order valence-corrected chi connectivity index (χ2v) is 1.62. The van der Waals surface area contributed by atoms with Gasteiger partial charge in [0.1, 0.15) is 0 Å². The summed E-state index contributed by atoms with van der Waals surface area (Å²) in [4.78, 5) is 0. The SMILES string of the molecule is C[P+](=O)OOO. The van der Waals surface area contributed by atoms with Crippen molar-refractivity contribution >= 4 is 8.03 Å². The molecular weight excluding hydrogens is 107 g/mol. The summed E-state index contributed by atoms with van der Waals surface area (Å²) in [6, 6.07) is 0. The third kappa shape index (κ3) is 3.98. The van der Waals surface area contributed by atoms with Crippen LogP contribution in [0, 0.1) is 0 Å². The van der Waals surface area contributed by atoms with E-state index in [2.05, 4.69) is 9.71 Å². The van der Waals surface area contributed by atoms with Crippen molar-refractivity contribution in [2.75, 3.05) is 6.66 Å². The second-order valence-electron chi connectivity index (χ2n) is 0.589. The second kappa shape index (κ2) is 3.18. The number of hydrogen-bond acceptors (Lipinski definition) is 4. The molecule has 36 valence electrons. The van der Waals surface area contributed by atoms with E-state index in [1.165, 1.54) is 6.66 Å². The van der Waals surface area contributed by atoms with Gasteiger partial charge in [0.2, 0.25) is 0 Å². The highest BCUT2D eigenvalue weighted by Gasteiger charge is 2.05. The first-order valence-corrected chi connectivity index (χ1v) is 2.79. The van der Waals surface area contributed by atoms with Crippen LogP contribution in [-0.2, 0) is 14.3 Å². The average Bonchev–Trinajstić information content (AvgIpc) is 1.35. The molecule has 0 aromatic rings. The molecule has 0 aromatic heterocycles. The van der Waals surface area contributed by atoms with E-state index in [0.29, 0.717) is 0 Å². The molecule has 0 saturated carbocycles. The van der Waals surface area contributed by atoms with E-state index in [1.54, 1.807) is 0 Å². The van der Waals surface area contributed by atoms with E-state index in [-0.39, 0.29) is 0 Å². The Balaban J connectivity index is 2.83. The van der Waals surface area contributed by atoms with Crippen molar-refractivity contribution in [3.8, 4) is 0 Å². The van der Waals surface area contributed by atoms with Crippen LogP contribution in [0.25, 0.3) is 0 Å². The molecule has 6 heavy (non-hydrogen) atoms. The molecule has 0 rings (SSSR count). The van der Waals surface area contributed by atoms with E-state index in [4.69, 9.17) is 5.26 Å². The summed E-state index contributed by atoms with van der Waals surface area (Å²) in [5, 5.41) is 10.4.